The third-order valence-corrected chi connectivity index (χ3v) is 2.47. The van der Waals surface area contributed by atoms with Gasteiger partial charge in [-0.2, -0.15) is 0 Å². The van der Waals surface area contributed by atoms with Crippen molar-refractivity contribution in [3.8, 4) is 11.1 Å². The molecule has 0 unspecified atom stereocenters. The van der Waals surface area contributed by atoms with Crippen molar-refractivity contribution >= 4 is 0 Å². The molecule has 0 aliphatic carbocycles. The van der Waals surface area contributed by atoms with Crippen LogP contribution in [0.15, 0.2) is 48.5 Å². The van der Waals surface area contributed by atoms with Gasteiger partial charge in [0, 0.05) is 0 Å². The number of aryl methyl sites for hydroxylation is 2. The predicted octanol–water partition coefficient (Wildman–Crippen LogP) is 3.97. The van der Waals surface area contributed by atoms with E-state index in [-0.39, 0.29) is 0 Å². The molecule has 2 rings (SSSR count). The topological polar surface area (TPSA) is 0 Å². The summed E-state index contributed by atoms with van der Waals surface area (Å²) >= 11 is 0. The van der Waals surface area contributed by atoms with Crippen molar-refractivity contribution < 1.29 is 0 Å². The zero-order valence-corrected chi connectivity index (χ0v) is 8.62. The normalized spacial score (nSPS) is 10.1. The van der Waals surface area contributed by atoms with E-state index in [9.17, 15) is 0 Å². The van der Waals surface area contributed by atoms with E-state index < -0.39 is 0 Å². The lowest BCUT2D eigenvalue weighted by molar-refractivity contribution is 1.43. The molecular formula is C14H14. The molecular weight excluding hydrogens is 168 g/mol. The molecule has 0 aromatic heterocycles. The minimum absolute atomic E-state index is 1.31. The van der Waals surface area contributed by atoms with Gasteiger partial charge < -0.3 is 0 Å². The van der Waals surface area contributed by atoms with Crippen LogP contribution in [0.4, 0.5) is 0 Å². The molecule has 0 aliphatic rings. The van der Waals surface area contributed by atoms with Gasteiger partial charge in [0.2, 0.25) is 0 Å². The Balaban J connectivity index is 2.55. The summed E-state index contributed by atoms with van der Waals surface area (Å²) in [6.45, 7) is 4.28. The molecule has 0 spiro atoms. The van der Waals surface area contributed by atoms with Crippen molar-refractivity contribution in [1.29, 1.82) is 0 Å². The van der Waals surface area contributed by atoms with Gasteiger partial charge in [-0.1, -0.05) is 54.1 Å². The molecule has 2 aromatic rings. The van der Waals surface area contributed by atoms with Crippen molar-refractivity contribution in [2.24, 2.45) is 0 Å². The zero-order valence-electron chi connectivity index (χ0n) is 8.62. The maximum Gasteiger partial charge on any atom is -0.0155 e. The van der Waals surface area contributed by atoms with Crippen molar-refractivity contribution in [2.45, 2.75) is 13.8 Å². The lowest BCUT2D eigenvalue weighted by Crippen LogP contribution is -1.82. The number of benzene rings is 2. The van der Waals surface area contributed by atoms with Gasteiger partial charge in [-0.25, -0.2) is 0 Å². The van der Waals surface area contributed by atoms with Crippen LogP contribution in [-0.4, -0.2) is 0 Å². The largest absolute Gasteiger partial charge is 0.0620 e. The molecule has 0 heterocycles. The van der Waals surface area contributed by atoms with Gasteiger partial charge >= 0.3 is 0 Å². The fraction of sp³-hybridized carbons (Fsp3) is 0.143. The minimum Gasteiger partial charge on any atom is -0.0620 e. The summed E-state index contributed by atoms with van der Waals surface area (Å²) in [6, 6.07) is 17.1. The second kappa shape index (κ2) is 3.67. The summed E-state index contributed by atoms with van der Waals surface area (Å²) in [5.74, 6) is 0. The first-order valence-electron chi connectivity index (χ1n) is 4.90. The van der Waals surface area contributed by atoms with Gasteiger partial charge in [-0.05, 0) is 30.5 Å². The maximum atomic E-state index is 2.22. The second-order valence-corrected chi connectivity index (χ2v) is 3.68. The smallest absolute Gasteiger partial charge is 0.0155 e. The molecule has 0 saturated carbocycles. The van der Waals surface area contributed by atoms with E-state index in [0.717, 1.165) is 0 Å². The van der Waals surface area contributed by atoms with Gasteiger partial charge in [0.05, 0.1) is 0 Å². The standard InChI is InChI=1S/C14H14/c1-11-6-5-8-13(10-11)14-9-4-3-7-12(14)2/h3-10H,1-2H3. The van der Waals surface area contributed by atoms with Crippen LogP contribution in [0.2, 0.25) is 0 Å². The van der Waals surface area contributed by atoms with Crippen molar-refractivity contribution in [3.05, 3.63) is 59.7 Å². The van der Waals surface area contributed by atoms with E-state index in [1.807, 2.05) is 0 Å². The first-order valence-corrected chi connectivity index (χ1v) is 4.90. The highest BCUT2D eigenvalue weighted by Crippen LogP contribution is 2.23. The van der Waals surface area contributed by atoms with Crippen LogP contribution in [0.3, 0.4) is 0 Å². The van der Waals surface area contributed by atoms with E-state index in [4.69, 9.17) is 0 Å². The Morgan fingerprint density at radius 3 is 2.29 bits per heavy atom. The molecule has 0 aliphatic heterocycles. The molecule has 0 heteroatoms. The van der Waals surface area contributed by atoms with E-state index in [0.29, 0.717) is 0 Å². The molecule has 0 N–H and O–H groups in total. The summed E-state index contributed by atoms with van der Waals surface area (Å²) in [6.07, 6.45) is 0. The molecule has 2 aromatic carbocycles. The van der Waals surface area contributed by atoms with Crippen molar-refractivity contribution in [2.75, 3.05) is 0 Å². The lowest BCUT2D eigenvalue weighted by Gasteiger charge is -2.05. The van der Waals surface area contributed by atoms with Crippen LogP contribution in [0.25, 0.3) is 11.1 Å². The Bertz CT molecular complexity index is 441. The fourth-order valence-corrected chi connectivity index (χ4v) is 1.71. The highest BCUT2D eigenvalue weighted by Gasteiger charge is 1.99. The van der Waals surface area contributed by atoms with Crippen LogP contribution >= 0.6 is 0 Å². The van der Waals surface area contributed by atoms with E-state index >= 15 is 0 Å². The first-order chi connectivity index (χ1) is 6.77. The van der Waals surface area contributed by atoms with Crippen LogP contribution in [0.5, 0.6) is 0 Å². The molecule has 14 heavy (non-hydrogen) atoms. The van der Waals surface area contributed by atoms with E-state index in [2.05, 4.69) is 62.4 Å². The van der Waals surface area contributed by atoms with Crippen molar-refractivity contribution in [1.82, 2.24) is 0 Å². The summed E-state index contributed by atoms with van der Waals surface area (Å²) in [5, 5.41) is 0. The first kappa shape index (κ1) is 9.01. The number of hydrogen-bond acceptors (Lipinski definition) is 0. The lowest BCUT2D eigenvalue weighted by atomic mass is 9.99. The van der Waals surface area contributed by atoms with Crippen LogP contribution in [0.1, 0.15) is 11.1 Å². The third kappa shape index (κ3) is 1.69. The predicted molar refractivity (Wildman–Crippen MR) is 61.4 cm³/mol. The molecule has 0 nitrogen and oxygen atoms in total. The maximum absolute atomic E-state index is 2.22. The molecule has 0 saturated heterocycles. The quantitative estimate of drug-likeness (QED) is 0.626. The Morgan fingerprint density at radius 2 is 1.57 bits per heavy atom. The summed E-state index contributed by atoms with van der Waals surface area (Å²) in [5.41, 5.74) is 5.28. The van der Waals surface area contributed by atoms with Gasteiger partial charge in [0.1, 0.15) is 0 Å². The van der Waals surface area contributed by atoms with Crippen molar-refractivity contribution in [3.63, 3.8) is 0 Å². The monoisotopic (exact) mass is 182 g/mol. The molecule has 0 atom stereocenters. The average Bonchev–Trinajstić information content (AvgIpc) is 2.18. The SMILES string of the molecule is Cc1cccc(-c2ccccc2C)c1. The zero-order chi connectivity index (χ0) is 9.97. The Labute approximate surface area is 85.2 Å². The van der Waals surface area contributed by atoms with E-state index in [1.54, 1.807) is 0 Å². The highest BCUT2D eigenvalue weighted by molar-refractivity contribution is 5.67. The average molecular weight is 182 g/mol. The Kier molecular flexibility index (Phi) is 2.36. The Hall–Kier alpha value is -1.56. The fourth-order valence-electron chi connectivity index (χ4n) is 1.71. The molecule has 0 fully saturated rings. The third-order valence-electron chi connectivity index (χ3n) is 2.47. The molecule has 0 radical (unpaired) electrons. The summed E-state index contributed by atoms with van der Waals surface area (Å²) in [4.78, 5) is 0. The van der Waals surface area contributed by atoms with Gasteiger partial charge in [-0.3, -0.25) is 0 Å². The van der Waals surface area contributed by atoms with Crippen LogP contribution < -0.4 is 0 Å². The van der Waals surface area contributed by atoms with Gasteiger partial charge in [0.25, 0.3) is 0 Å². The van der Waals surface area contributed by atoms with Crippen LogP contribution in [-0.2, 0) is 0 Å². The highest BCUT2D eigenvalue weighted by atomic mass is 14.0. The number of rotatable bonds is 1. The van der Waals surface area contributed by atoms with Crippen LogP contribution in [0, 0.1) is 13.8 Å². The summed E-state index contributed by atoms with van der Waals surface area (Å²) < 4.78 is 0. The van der Waals surface area contributed by atoms with Gasteiger partial charge in [-0.15, -0.1) is 0 Å². The molecule has 0 amide bonds. The van der Waals surface area contributed by atoms with E-state index in [1.165, 1.54) is 22.3 Å². The summed E-state index contributed by atoms with van der Waals surface area (Å²) in [7, 11) is 0. The number of hydrogen-bond donors (Lipinski definition) is 0. The molecule has 0 bridgehead atoms. The minimum atomic E-state index is 1.31. The molecule has 70 valence electrons. The Morgan fingerprint density at radius 1 is 0.786 bits per heavy atom. The second-order valence-electron chi connectivity index (χ2n) is 3.68. The van der Waals surface area contributed by atoms with Gasteiger partial charge in [0.15, 0.2) is 0 Å².